The van der Waals surface area contributed by atoms with Crippen LogP contribution in [0.15, 0.2) is 36.4 Å². The number of nitro benzene ring substituents is 1. The molecule has 2 aromatic carbocycles. The molecule has 0 saturated carbocycles. The summed E-state index contributed by atoms with van der Waals surface area (Å²) in [6, 6.07) is 10.1. The number of nitrogens with one attached hydrogen (secondary N) is 2. The van der Waals surface area contributed by atoms with Crippen LogP contribution in [0, 0.1) is 24.0 Å². The van der Waals surface area contributed by atoms with Gasteiger partial charge in [-0.05, 0) is 49.3 Å². The van der Waals surface area contributed by atoms with Gasteiger partial charge in [0, 0.05) is 17.8 Å². The van der Waals surface area contributed by atoms with Gasteiger partial charge in [-0.15, -0.1) is 0 Å². The van der Waals surface area contributed by atoms with E-state index in [2.05, 4.69) is 10.6 Å². The third-order valence-corrected chi connectivity index (χ3v) is 3.58. The van der Waals surface area contributed by atoms with Gasteiger partial charge in [-0.1, -0.05) is 23.7 Å². The molecule has 0 atom stereocenters. The Bertz CT molecular complexity index is 750. The van der Waals surface area contributed by atoms with Gasteiger partial charge in [-0.2, -0.15) is 0 Å². The van der Waals surface area contributed by atoms with E-state index in [1.807, 2.05) is 32.0 Å². The van der Waals surface area contributed by atoms with E-state index in [1.165, 1.54) is 18.2 Å². The zero-order valence-electron chi connectivity index (χ0n) is 12.0. The standard InChI is InChI=1S/C15H14ClN3O2S/c1-9-3-4-10(2)13(7-9)17-15(22)18-14-8-11(19(20)21)5-6-12(14)16/h3-8H,1-2H3,(H2,17,18,22). The number of non-ortho nitro benzene ring substituents is 1. The summed E-state index contributed by atoms with van der Waals surface area (Å²) in [5.74, 6) is 0. The Morgan fingerprint density at radius 2 is 1.82 bits per heavy atom. The largest absolute Gasteiger partial charge is 0.332 e. The molecule has 0 aliphatic rings. The smallest absolute Gasteiger partial charge is 0.271 e. The Labute approximate surface area is 138 Å². The van der Waals surface area contributed by atoms with E-state index in [9.17, 15) is 10.1 Å². The van der Waals surface area contributed by atoms with Gasteiger partial charge in [0.25, 0.3) is 5.69 Å². The summed E-state index contributed by atoms with van der Waals surface area (Å²) in [4.78, 5) is 10.3. The second-order valence-corrected chi connectivity index (χ2v) is 5.63. The third-order valence-electron chi connectivity index (χ3n) is 3.05. The first-order valence-corrected chi connectivity index (χ1v) is 7.24. The fraction of sp³-hybridized carbons (Fsp3) is 0.133. The molecule has 2 aromatic rings. The molecular weight excluding hydrogens is 322 g/mol. The maximum Gasteiger partial charge on any atom is 0.271 e. The topological polar surface area (TPSA) is 67.2 Å². The van der Waals surface area contributed by atoms with Crippen LogP contribution in [0.4, 0.5) is 17.1 Å². The Balaban J connectivity index is 2.17. The highest BCUT2D eigenvalue weighted by Gasteiger charge is 2.11. The maximum atomic E-state index is 10.8. The first kappa shape index (κ1) is 16.2. The van der Waals surface area contributed by atoms with E-state index in [-0.39, 0.29) is 5.69 Å². The van der Waals surface area contributed by atoms with Crippen molar-refractivity contribution >= 4 is 46.0 Å². The fourth-order valence-electron chi connectivity index (χ4n) is 1.87. The summed E-state index contributed by atoms with van der Waals surface area (Å²) < 4.78 is 0. The number of rotatable bonds is 3. The van der Waals surface area contributed by atoms with Crippen LogP contribution >= 0.6 is 23.8 Å². The molecule has 0 heterocycles. The summed E-state index contributed by atoms with van der Waals surface area (Å²) in [6.45, 7) is 3.95. The average Bonchev–Trinajstić information content (AvgIpc) is 2.45. The Morgan fingerprint density at radius 3 is 2.50 bits per heavy atom. The molecule has 7 heteroatoms. The van der Waals surface area contributed by atoms with Gasteiger partial charge in [0.1, 0.15) is 0 Å². The molecule has 0 saturated heterocycles. The Hall–Kier alpha value is -2.18. The summed E-state index contributed by atoms with van der Waals surface area (Å²) >= 11 is 11.3. The Morgan fingerprint density at radius 1 is 1.14 bits per heavy atom. The van der Waals surface area contributed by atoms with Crippen molar-refractivity contribution < 1.29 is 4.92 Å². The van der Waals surface area contributed by atoms with E-state index in [4.69, 9.17) is 23.8 Å². The highest BCUT2D eigenvalue weighted by atomic mass is 35.5. The zero-order valence-corrected chi connectivity index (χ0v) is 13.6. The van der Waals surface area contributed by atoms with Crippen LogP contribution in [0.1, 0.15) is 11.1 Å². The lowest BCUT2D eigenvalue weighted by atomic mass is 10.1. The van der Waals surface area contributed by atoms with Crippen molar-refractivity contribution in [1.82, 2.24) is 0 Å². The minimum absolute atomic E-state index is 0.0542. The van der Waals surface area contributed by atoms with Crippen LogP contribution in [-0.2, 0) is 0 Å². The number of hydrogen-bond donors (Lipinski definition) is 2. The monoisotopic (exact) mass is 335 g/mol. The fourth-order valence-corrected chi connectivity index (χ4v) is 2.25. The number of aryl methyl sites for hydroxylation is 2. The summed E-state index contributed by atoms with van der Waals surface area (Å²) in [5.41, 5.74) is 3.35. The summed E-state index contributed by atoms with van der Waals surface area (Å²) in [7, 11) is 0. The Kier molecular flexibility index (Phi) is 4.95. The predicted octanol–water partition coefficient (Wildman–Crippen LogP) is 4.67. The number of halogens is 1. The van der Waals surface area contributed by atoms with Crippen molar-refractivity contribution in [3.05, 3.63) is 62.7 Å². The lowest BCUT2D eigenvalue weighted by molar-refractivity contribution is -0.384. The van der Waals surface area contributed by atoms with E-state index >= 15 is 0 Å². The molecular formula is C15H14ClN3O2S. The van der Waals surface area contributed by atoms with Crippen LogP contribution in [0.3, 0.4) is 0 Å². The van der Waals surface area contributed by atoms with Crippen LogP contribution in [0.25, 0.3) is 0 Å². The van der Waals surface area contributed by atoms with Crippen molar-refractivity contribution in [2.75, 3.05) is 10.6 Å². The van der Waals surface area contributed by atoms with Crippen LogP contribution < -0.4 is 10.6 Å². The van der Waals surface area contributed by atoms with E-state index in [0.717, 1.165) is 16.8 Å². The van der Waals surface area contributed by atoms with Gasteiger partial charge in [-0.25, -0.2) is 0 Å². The number of hydrogen-bond acceptors (Lipinski definition) is 3. The van der Waals surface area contributed by atoms with Crippen LogP contribution in [0.2, 0.25) is 5.02 Å². The van der Waals surface area contributed by atoms with Crippen molar-refractivity contribution in [3.63, 3.8) is 0 Å². The number of anilines is 2. The second kappa shape index (κ2) is 6.72. The molecule has 0 amide bonds. The first-order valence-electron chi connectivity index (χ1n) is 6.46. The molecule has 0 unspecified atom stereocenters. The van der Waals surface area contributed by atoms with Gasteiger partial charge in [0.05, 0.1) is 15.6 Å². The number of nitro groups is 1. The quantitative estimate of drug-likeness (QED) is 0.484. The second-order valence-electron chi connectivity index (χ2n) is 4.82. The lowest BCUT2D eigenvalue weighted by Gasteiger charge is -2.14. The predicted molar refractivity (Wildman–Crippen MR) is 93.9 cm³/mol. The van der Waals surface area contributed by atoms with Gasteiger partial charge in [-0.3, -0.25) is 10.1 Å². The molecule has 0 fully saturated rings. The minimum Gasteiger partial charge on any atom is -0.332 e. The number of nitrogens with zero attached hydrogens (tertiary/aromatic N) is 1. The third kappa shape index (κ3) is 3.93. The molecule has 0 spiro atoms. The highest BCUT2D eigenvalue weighted by Crippen LogP contribution is 2.27. The van der Waals surface area contributed by atoms with Crippen molar-refractivity contribution in [2.45, 2.75) is 13.8 Å². The van der Waals surface area contributed by atoms with E-state index in [0.29, 0.717) is 15.8 Å². The number of benzene rings is 2. The molecule has 0 radical (unpaired) electrons. The molecule has 22 heavy (non-hydrogen) atoms. The first-order chi connectivity index (χ1) is 10.4. The van der Waals surface area contributed by atoms with Crippen molar-refractivity contribution in [2.24, 2.45) is 0 Å². The van der Waals surface area contributed by atoms with Crippen molar-refractivity contribution in [3.8, 4) is 0 Å². The molecule has 2 rings (SSSR count). The summed E-state index contributed by atoms with van der Waals surface area (Å²) in [6.07, 6.45) is 0. The molecule has 114 valence electrons. The van der Waals surface area contributed by atoms with E-state index in [1.54, 1.807) is 0 Å². The molecule has 0 bridgehead atoms. The lowest BCUT2D eigenvalue weighted by Crippen LogP contribution is -2.20. The normalized spacial score (nSPS) is 10.1. The molecule has 0 aromatic heterocycles. The zero-order chi connectivity index (χ0) is 16.3. The highest BCUT2D eigenvalue weighted by molar-refractivity contribution is 7.80. The van der Waals surface area contributed by atoms with Crippen LogP contribution in [-0.4, -0.2) is 10.0 Å². The van der Waals surface area contributed by atoms with Gasteiger partial charge >= 0.3 is 0 Å². The SMILES string of the molecule is Cc1ccc(C)c(NC(=S)Nc2cc([N+](=O)[O-])ccc2Cl)c1. The summed E-state index contributed by atoms with van der Waals surface area (Å²) in [5, 5.41) is 17.4. The maximum absolute atomic E-state index is 10.8. The van der Waals surface area contributed by atoms with Gasteiger partial charge in [0.2, 0.25) is 0 Å². The molecule has 5 nitrogen and oxygen atoms in total. The van der Waals surface area contributed by atoms with Gasteiger partial charge < -0.3 is 10.6 Å². The van der Waals surface area contributed by atoms with Gasteiger partial charge in [0.15, 0.2) is 5.11 Å². The van der Waals surface area contributed by atoms with Crippen LogP contribution in [0.5, 0.6) is 0 Å². The van der Waals surface area contributed by atoms with Crippen molar-refractivity contribution in [1.29, 1.82) is 0 Å². The minimum atomic E-state index is -0.483. The average molecular weight is 336 g/mol. The number of thiocarbonyl (C=S) groups is 1. The molecule has 2 N–H and O–H groups in total. The molecule has 0 aliphatic heterocycles. The van der Waals surface area contributed by atoms with E-state index < -0.39 is 4.92 Å². The molecule has 0 aliphatic carbocycles.